The van der Waals surface area contributed by atoms with Crippen LogP contribution in [-0.4, -0.2) is 42.6 Å². The van der Waals surface area contributed by atoms with Crippen molar-refractivity contribution in [2.45, 2.75) is 0 Å². The molecular weight excluding hydrogens is 275 g/mol. The van der Waals surface area contributed by atoms with E-state index in [-0.39, 0.29) is 16.1 Å². The van der Waals surface area contributed by atoms with Gasteiger partial charge in [0.05, 0.1) is 17.2 Å². The largest absolute Gasteiger partial charge is 0.383 e. The Kier molecular flexibility index (Phi) is 6.12. The molecule has 1 amide bonds. The maximum absolute atomic E-state index is 12.2. The van der Waals surface area contributed by atoms with Gasteiger partial charge in [-0.3, -0.25) is 4.79 Å². The van der Waals surface area contributed by atoms with Crippen LogP contribution in [0.3, 0.4) is 0 Å². The normalized spacial score (nSPS) is 10.2. The number of halogens is 2. The summed E-state index contributed by atoms with van der Waals surface area (Å²) < 4.78 is 4.96. The molecule has 0 aliphatic carbocycles. The van der Waals surface area contributed by atoms with Crippen LogP contribution in [-0.2, 0) is 4.74 Å². The predicted octanol–water partition coefficient (Wildman–Crippen LogP) is 2.66. The molecule has 0 unspecified atom stereocenters. The summed E-state index contributed by atoms with van der Waals surface area (Å²) in [4.78, 5) is 17.6. The van der Waals surface area contributed by atoms with Crippen LogP contribution in [0.1, 0.15) is 10.4 Å². The van der Waals surface area contributed by atoms with Gasteiger partial charge in [0.25, 0.3) is 5.91 Å². The zero-order valence-corrected chi connectivity index (χ0v) is 11.5. The van der Waals surface area contributed by atoms with Crippen LogP contribution in [0.25, 0.3) is 0 Å². The van der Waals surface area contributed by atoms with E-state index in [4.69, 9.17) is 27.9 Å². The molecule has 18 heavy (non-hydrogen) atoms. The van der Waals surface area contributed by atoms with Crippen molar-refractivity contribution >= 4 is 29.1 Å². The number of aromatic nitrogens is 1. The van der Waals surface area contributed by atoms with Gasteiger partial charge < -0.3 is 9.64 Å². The quantitative estimate of drug-likeness (QED) is 0.597. The van der Waals surface area contributed by atoms with Crippen LogP contribution in [0.2, 0.25) is 10.2 Å². The van der Waals surface area contributed by atoms with E-state index in [1.165, 1.54) is 12.3 Å². The van der Waals surface area contributed by atoms with E-state index < -0.39 is 0 Å². The average Bonchev–Trinajstić information content (AvgIpc) is 2.37. The lowest BCUT2D eigenvalue weighted by atomic mass is 10.2. The Morgan fingerprint density at radius 1 is 1.61 bits per heavy atom. The van der Waals surface area contributed by atoms with Gasteiger partial charge in [-0.25, -0.2) is 4.98 Å². The number of hydrogen-bond acceptors (Lipinski definition) is 3. The van der Waals surface area contributed by atoms with Crippen molar-refractivity contribution in [2.24, 2.45) is 0 Å². The van der Waals surface area contributed by atoms with Crippen molar-refractivity contribution < 1.29 is 9.53 Å². The predicted molar refractivity (Wildman–Crippen MR) is 72.2 cm³/mol. The van der Waals surface area contributed by atoms with Gasteiger partial charge >= 0.3 is 0 Å². The fourth-order valence-corrected chi connectivity index (χ4v) is 1.62. The van der Waals surface area contributed by atoms with E-state index in [1.807, 2.05) is 0 Å². The molecule has 0 bridgehead atoms. The van der Waals surface area contributed by atoms with Crippen molar-refractivity contribution in [1.29, 1.82) is 0 Å². The van der Waals surface area contributed by atoms with Crippen molar-refractivity contribution in [3.63, 3.8) is 0 Å². The molecule has 98 valence electrons. The molecule has 0 saturated carbocycles. The highest BCUT2D eigenvalue weighted by molar-refractivity contribution is 6.41. The first-order chi connectivity index (χ1) is 8.60. The highest BCUT2D eigenvalue weighted by atomic mass is 35.5. The minimum absolute atomic E-state index is 0.181. The summed E-state index contributed by atoms with van der Waals surface area (Å²) in [5.41, 5.74) is 0.391. The van der Waals surface area contributed by atoms with Gasteiger partial charge in [0.15, 0.2) is 0 Å². The molecule has 0 N–H and O–H groups in total. The first kappa shape index (κ1) is 15.0. The summed E-state index contributed by atoms with van der Waals surface area (Å²) in [5, 5.41) is 0.438. The molecule has 0 spiro atoms. The second-order valence-corrected chi connectivity index (χ2v) is 4.29. The summed E-state index contributed by atoms with van der Waals surface area (Å²) in [6.45, 7) is 4.98. The van der Waals surface area contributed by atoms with Gasteiger partial charge in [-0.05, 0) is 6.07 Å². The Hall–Kier alpha value is -1.10. The lowest BCUT2D eigenvalue weighted by Gasteiger charge is -2.20. The Morgan fingerprint density at radius 2 is 2.33 bits per heavy atom. The van der Waals surface area contributed by atoms with Crippen LogP contribution in [0.4, 0.5) is 0 Å². The fraction of sp³-hybridized carbons (Fsp3) is 0.333. The molecule has 0 atom stereocenters. The van der Waals surface area contributed by atoms with Crippen molar-refractivity contribution in [3.8, 4) is 0 Å². The van der Waals surface area contributed by atoms with Gasteiger partial charge in [-0.1, -0.05) is 29.3 Å². The fourth-order valence-electron chi connectivity index (χ4n) is 1.35. The van der Waals surface area contributed by atoms with E-state index in [2.05, 4.69) is 11.6 Å². The third-order valence-electron chi connectivity index (χ3n) is 2.25. The first-order valence-corrected chi connectivity index (χ1v) is 6.06. The van der Waals surface area contributed by atoms with Gasteiger partial charge in [-0.2, -0.15) is 0 Å². The molecule has 1 aromatic rings. The zero-order valence-electron chi connectivity index (χ0n) is 10.0. The van der Waals surface area contributed by atoms with E-state index in [9.17, 15) is 4.79 Å². The average molecular weight is 289 g/mol. The maximum atomic E-state index is 12.2. The molecule has 1 rings (SSSR count). The van der Waals surface area contributed by atoms with E-state index in [0.717, 1.165) is 0 Å². The molecule has 0 saturated heterocycles. The van der Waals surface area contributed by atoms with Gasteiger partial charge in [-0.15, -0.1) is 6.58 Å². The number of hydrogen-bond donors (Lipinski definition) is 0. The van der Waals surface area contributed by atoms with Gasteiger partial charge in [0, 0.05) is 26.4 Å². The second kappa shape index (κ2) is 7.36. The molecule has 0 aromatic carbocycles. The molecule has 4 nitrogen and oxygen atoms in total. The molecule has 6 heteroatoms. The topological polar surface area (TPSA) is 42.4 Å². The van der Waals surface area contributed by atoms with E-state index in [0.29, 0.717) is 25.3 Å². The van der Waals surface area contributed by atoms with Crippen molar-refractivity contribution in [1.82, 2.24) is 9.88 Å². The number of ether oxygens (including phenoxy) is 1. The van der Waals surface area contributed by atoms with E-state index >= 15 is 0 Å². The first-order valence-electron chi connectivity index (χ1n) is 5.30. The number of methoxy groups -OCH3 is 1. The highest BCUT2D eigenvalue weighted by Gasteiger charge is 2.15. The van der Waals surface area contributed by atoms with Crippen LogP contribution in [0.5, 0.6) is 0 Å². The zero-order chi connectivity index (χ0) is 13.5. The number of pyridine rings is 1. The Morgan fingerprint density at radius 3 is 2.89 bits per heavy atom. The molecule has 1 aromatic heterocycles. The summed E-state index contributed by atoms with van der Waals surface area (Å²) in [6.07, 6.45) is 3.05. The lowest BCUT2D eigenvalue weighted by molar-refractivity contribution is 0.0718. The van der Waals surface area contributed by atoms with Crippen LogP contribution in [0.15, 0.2) is 24.9 Å². The summed E-state index contributed by atoms with van der Waals surface area (Å²) in [7, 11) is 1.58. The molecule has 0 radical (unpaired) electrons. The van der Waals surface area contributed by atoms with Gasteiger partial charge in [0.2, 0.25) is 0 Å². The summed E-state index contributed by atoms with van der Waals surface area (Å²) in [5.74, 6) is -0.182. The SMILES string of the molecule is C=CCN(CCOC)C(=O)c1cnc(Cl)c(Cl)c1. The highest BCUT2D eigenvalue weighted by Crippen LogP contribution is 2.20. The van der Waals surface area contributed by atoms with Crippen molar-refractivity contribution in [2.75, 3.05) is 26.8 Å². The standard InChI is InChI=1S/C12H14Cl2N2O2/c1-3-4-16(5-6-18-2)12(17)9-7-10(13)11(14)15-8-9/h3,7-8H,1,4-6H2,2H3. The van der Waals surface area contributed by atoms with E-state index in [1.54, 1.807) is 18.1 Å². The molecule has 0 aliphatic rings. The molecule has 1 heterocycles. The second-order valence-electron chi connectivity index (χ2n) is 3.53. The Labute approximate surface area is 116 Å². The summed E-state index contributed by atoms with van der Waals surface area (Å²) in [6, 6.07) is 1.50. The minimum Gasteiger partial charge on any atom is -0.383 e. The number of amides is 1. The number of carbonyl (C=O) groups is 1. The molecule has 0 fully saturated rings. The smallest absolute Gasteiger partial charge is 0.255 e. The lowest BCUT2D eigenvalue weighted by Crippen LogP contribution is -2.34. The third kappa shape index (κ3) is 3.98. The number of rotatable bonds is 6. The maximum Gasteiger partial charge on any atom is 0.255 e. The monoisotopic (exact) mass is 288 g/mol. The van der Waals surface area contributed by atoms with Gasteiger partial charge in [0.1, 0.15) is 5.15 Å². The Balaban J connectivity index is 2.86. The number of nitrogens with zero attached hydrogens (tertiary/aromatic N) is 2. The number of carbonyl (C=O) groups excluding carboxylic acids is 1. The Bertz CT molecular complexity index is 438. The van der Waals surface area contributed by atoms with Crippen molar-refractivity contribution in [3.05, 3.63) is 40.7 Å². The van der Waals surface area contributed by atoms with Crippen LogP contribution < -0.4 is 0 Å². The molecule has 0 aliphatic heterocycles. The third-order valence-corrected chi connectivity index (χ3v) is 2.93. The summed E-state index contributed by atoms with van der Waals surface area (Å²) >= 11 is 11.5. The van der Waals surface area contributed by atoms with Crippen LogP contribution >= 0.6 is 23.2 Å². The molecular formula is C12H14Cl2N2O2. The minimum atomic E-state index is -0.182. The van der Waals surface area contributed by atoms with Crippen LogP contribution in [0, 0.1) is 0 Å².